The van der Waals surface area contributed by atoms with Gasteiger partial charge in [-0.3, -0.25) is 9.59 Å². The van der Waals surface area contributed by atoms with Crippen molar-refractivity contribution in [1.29, 1.82) is 0 Å². The van der Waals surface area contributed by atoms with Crippen molar-refractivity contribution in [2.75, 3.05) is 24.7 Å². The minimum Gasteiger partial charge on any atom is -0.490 e. The van der Waals surface area contributed by atoms with E-state index in [0.717, 1.165) is 5.56 Å². The van der Waals surface area contributed by atoms with Crippen LogP contribution in [0.3, 0.4) is 0 Å². The summed E-state index contributed by atoms with van der Waals surface area (Å²) < 4.78 is 35.0. The third-order valence-corrected chi connectivity index (χ3v) is 7.51. The first kappa shape index (κ1) is 25.0. The van der Waals surface area contributed by atoms with Crippen LogP contribution in [0, 0.1) is 5.92 Å². The lowest BCUT2D eigenvalue weighted by Crippen LogP contribution is -2.45. The normalized spacial score (nSPS) is 21.0. The standard InChI is InChI=1S/C23H33N3O6S/c1-5-31-19-9-7-16(13-20(19)32-6-2)22(15(3)4)24-23(28)18-8-10-21(27)26(25-18)17-11-12-33(29,30)14-17/h7,9,13,15,17,22H,5-6,8,10-12,14H2,1-4H3,(H,24,28). The van der Waals surface area contributed by atoms with E-state index in [1.54, 1.807) is 0 Å². The number of benzene rings is 1. The summed E-state index contributed by atoms with van der Waals surface area (Å²) in [5.41, 5.74) is 1.11. The number of amides is 2. The second-order valence-corrected chi connectivity index (χ2v) is 10.8. The zero-order chi connectivity index (χ0) is 24.2. The van der Waals surface area contributed by atoms with Crippen molar-refractivity contribution in [1.82, 2.24) is 10.3 Å². The van der Waals surface area contributed by atoms with Gasteiger partial charge in [-0.15, -0.1) is 0 Å². The Kier molecular flexibility index (Phi) is 7.99. The van der Waals surface area contributed by atoms with Crippen LogP contribution in [0.15, 0.2) is 23.3 Å². The smallest absolute Gasteiger partial charge is 0.267 e. The first-order valence-corrected chi connectivity index (χ1v) is 13.3. The Morgan fingerprint density at radius 2 is 1.88 bits per heavy atom. The molecule has 1 saturated heterocycles. The minimum absolute atomic E-state index is 0.0355. The van der Waals surface area contributed by atoms with Crippen molar-refractivity contribution in [3.63, 3.8) is 0 Å². The number of nitrogens with zero attached hydrogens (tertiary/aromatic N) is 2. The van der Waals surface area contributed by atoms with Crippen LogP contribution in [0.2, 0.25) is 0 Å². The van der Waals surface area contributed by atoms with Gasteiger partial charge < -0.3 is 14.8 Å². The molecule has 2 unspecified atom stereocenters. The molecule has 33 heavy (non-hydrogen) atoms. The van der Waals surface area contributed by atoms with E-state index in [4.69, 9.17) is 9.47 Å². The van der Waals surface area contributed by atoms with E-state index in [1.807, 2.05) is 45.9 Å². The molecule has 9 nitrogen and oxygen atoms in total. The van der Waals surface area contributed by atoms with Crippen molar-refractivity contribution in [3.05, 3.63) is 23.8 Å². The molecule has 0 aromatic heterocycles. The molecule has 2 amide bonds. The maximum Gasteiger partial charge on any atom is 0.267 e. The summed E-state index contributed by atoms with van der Waals surface area (Å²) in [5, 5.41) is 8.53. The molecule has 2 aliphatic heterocycles. The molecule has 0 spiro atoms. The van der Waals surface area contributed by atoms with Crippen LogP contribution in [0.25, 0.3) is 0 Å². The highest BCUT2D eigenvalue weighted by Gasteiger charge is 2.37. The lowest BCUT2D eigenvalue weighted by atomic mass is 9.95. The van der Waals surface area contributed by atoms with Crippen LogP contribution < -0.4 is 14.8 Å². The molecule has 1 aromatic carbocycles. The summed E-state index contributed by atoms with van der Waals surface area (Å²) in [4.78, 5) is 25.5. The lowest BCUT2D eigenvalue weighted by molar-refractivity contribution is -0.133. The van der Waals surface area contributed by atoms with Gasteiger partial charge in [-0.1, -0.05) is 19.9 Å². The van der Waals surface area contributed by atoms with Crippen LogP contribution in [-0.4, -0.2) is 61.7 Å². The molecule has 0 radical (unpaired) electrons. The van der Waals surface area contributed by atoms with Crippen LogP contribution >= 0.6 is 0 Å². The number of rotatable bonds is 9. The molecular weight excluding hydrogens is 446 g/mol. The van der Waals surface area contributed by atoms with E-state index >= 15 is 0 Å². The highest BCUT2D eigenvalue weighted by atomic mass is 32.2. The van der Waals surface area contributed by atoms with Crippen molar-refractivity contribution >= 4 is 27.4 Å². The van der Waals surface area contributed by atoms with E-state index in [0.29, 0.717) is 31.1 Å². The second kappa shape index (κ2) is 10.5. The molecule has 3 rings (SSSR count). The van der Waals surface area contributed by atoms with Gasteiger partial charge in [0.1, 0.15) is 5.71 Å². The maximum atomic E-state index is 13.1. The SMILES string of the molecule is CCOc1ccc(C(NC(=O)C2=NN(C3CCS(=O)(=O)C3)C(=O)CC2)C(C)C)cc1OCC. The molecule has 1 N–H and O–H groups in total. The van der Waals surface area contributed by atoms with Crippen LogP contribution in [-0.2, 0) is 19.4 Å². The number of hydrazone groups is 1. The Morgan fingerprint density at radius 1 is 1.18 bits per heavy atom. The predicted octanol–water partition coefficient (Wildman–Crippen LogP) is 2.46. The largest absolute Gasteiger partial charge is 0.490 e. The van der Waals surface area contributed by atoms with E-state index in [9.17, 15) is 18.0 Å². The molecule has 1 aromatic rings. The molecule has 2 atom stereocenters. The van der Waals surface area contributed by atoms with Crippen molar-refractivity contribution in [3.8, 4) is 11.5 Å². The van der Waals surface area contributed by atoms with Gasteiger partial charge in [0, 0.05) is 12.8 Å². The van der Waals surface area contributed by atoms with Gasteiger partial charge in [0.05, 0.1) is 36.8 Å². The van der Waals surface area contributed by atoms with E-state index in [2.05, 4.69) is 10.4 Å². The van der Waals surface area contributed by atoms with E-state index in [1.165, 1.54) is 5.01 Å². The van der Waals surface area contributed by atoms with E-state index in [-0.39, 0.29) is 53.8 Å². The van der Waals surface area contributed by atoms with Crippen molar-refractivity contribution in [2.45, 2.75) is 59.0 Å². The highest BCUT2D eigenvalue weighted by molar-refractivity contribution is 7.91. The van der Waals surface area contributed by atoms with Crippen LogP contribution in [0.4, 0.5) is 0 Å². The average molecular weight is 480 g/mol. The molecule has 0 aliphatic carbocycles. The molecule has 2 aliphatic rings. The Bertz CT molecular complexity index is 1020. The fourth-order valence-electron chi connectivity index (χ4n) is 4.11. The molecule has 0 bridgehead atoms. The molecule has 0 saturated carbocycles. The molecule has 182 valence electrons. The van der Waals surface area contributed by atoms with Gasteiger partial charge in [0.25, 0.3) is 5.91 Å². The van der Waals surface area contributed by atoms with Crippen molar-refractivity contribution in [2.24, 2.45) is 11.0 Å². The Morgan fingerprint density at radius 3 is 2.48 bits per heavy atom. The van der Waals surface area contributed by atoms with E-state index < -0.39 is 15.9 Å². The van der Waals surface area contributed by atoms with Gasteiger partial charge in [-0.05, 0) is 43.9 Å². The van der Waals surface area contributed by atoms with Gasteiger partial charge >= 0.3 is 0 Å². The fourth-order valence-corrected chi connectivity index (χ4v) is 5.80. The molecule has 1 fully saturated rings. The summed E-state index contributed by atoms with van der Waals surface area (Å²) in [6.45, 7) is 8.81. The minimum atomic E-state index is -3.17. The third kappa shape index (κ3) is 6.04. The van der Waals surface area contributed by atoms with Gasteiger partial charge in [0.2, 0.25) is 5.91 Å². The highest BCUT2D eigenvalue weighted by Crippen LogP contribution is 2.33. The quantitative estimate of drug-likeness (QED) is 0.582. The first-order valence-electron chi connectivity index (χ1n) is 11.5. The zero-order valence-electron chi connectivity index (χ0n) is 19.7. The predicted molar refractivity (Wildman–Crippen MR) is 125 cm³/mol. The Labute approximate surface area is 195 Å². The number of hydrogen-bond donors (Lipinski definition) is 1. The Balaban J connectivity index is 1.81. The average Bonchev–Trinajstić information content (AvgIpc) is 3.13. The van der Waals surface area contributed by atoms with Crippen LogP contribution in [0.1, 0.15) is 58.6 Å². The number of ether oxygens (including phenoxy) is 2. The number of carbonyl (C=O) groups excluding carboxylic acids is 2. The summed E-state index contributed by atoms with van der Waals surface area (Å²) in [6, 6.07) is 4.80. The summed E-state index contributed by atoms with van der Waals surface area (Å²) in [6.07, 6.45) is 0.694. The zero-order valence-corrected chi connectivity index (χ0v) is 20.5. The molecular formula is C23H33N3O6S. The summed E-state index contributed by atoms with van der Waals surface area (Å²) >= 11 is 0. The fraction of sp³-hybridized carbons (Fsp3) is 0.609. The monoisotopic (exact) mass is 479 g/mol. The van der Waals surface area contributed by atoms with Gasteiger partial charge in [-0.2, -0.15) is 5.10 Å². The van der Waals surface area contributed by atoms with Crippen molar-refractivity contribution < 1.29 is 27.5 Å². The lowest BCUT2D eigenvalue weighted by Gasteiger charge is -2.29. The number of carbonyl (C=O) groups is 2. The number of sulfone groups is 1. The Hall–Kier alpha value is -2.62. The third-order valence-electron chi connectivity index (χ3n) is 5.76. The molecule has 10 heteroatoms. The topological polar surface area (TPSA) is 114 Å². The van der Waals surface area contributed by atoms with Gasteiger partial charge in [0.15, 0.2) is 21.3 Å². The summed E-state index contributed by atoms with van der Waals surface area (Å²) in [5.74, 6) is 0.649. The first-order chi connectivity index (χ1) is 15.6. The van der Waals surface area contributed by atoms with Gasteiger partial charge in [-0.25, -0.2) is 13.4 Å². The van der Waals surface area contributed by atoms with Crippen LogP contribution in [0.5, 0.6) is 11.5 Å². The molecule has 2 heterocycles. The number of hydrogen-bond acceptors (Lipinski definition) is 7. The maximum absolute atomic E-state index is 13.1. The summed E-state index contributed by atoms with van der Waals surface area (Å²) in [7, 11) is -3.17. The second-order valence-electron chi connectivity index (χ2n) is 8.61. The number of nitrogens with one attached hydrogen (secondary N) is 1.